The minimum atomic E-state index is -3.93. The molecule has 0 unspecified atom stereocenters. The summed E-state index contributed by atoms with van der Waals surface area (Å²) in [7, 11) is -3.93. The quantitative estimate of drug-likeness (QED) is 0.628. The van der Waals surface area contributed by atoms with E-state index in [1.54, 1.807) is 19.1 Å². The van der Waals surface area contributed by atoms with Crippen LogP contribution in [-0.4, -0.2) is 32.6 Å². The topological polar surface area (TPSA) is 113 Å². The van der Waals surface area contributed by atoms with E-state index in [0.717, 1.165) is 4.31 Å². The highest BCUT2D eigenvalue weighted by molar-refractivity contribution is 7.90. The molecule has 8 heteroatoms. The molecule has 0 amide bonds. The van der Waals surface area contributed by atoms with Gasteiger partial charge >= 0.3 is 16.2 Å². The van der Waals surface area contributed by atoms with Crippen molar-refractivity contribution < 1.29 is 18.3 Å². The number of carboxylic acid groups (broad SMARTS) is 1. The van der Waals surface area contributed by atoms with Crippen LogP contribution in [0.1, 0.15) is 13.3 Å². The van der Waals surface area contributed by atoms with Crippen molar-refractivity contribution in [2.24, 2.45) is 0 Å². The van der Waals surface area contributed by atoms with Crippen LogP contribution in [0.5, 0.6) is 0 Å². The van der Waals surface area contributed by atoms with E-state index in [1.165, 1.54) is 12.1 Å². The van der Waals surface area contributed by atoms with Crippen molar-refractivity contribution in [2.75, 3.05) is 23.1 Å². The van der Waals surface area contributed by atoms with Gasteiger partial charge < -0.3 is 10.8 Å². The van der Waals surface area contributed by atoms with Crippen LogP contribution in [0.3, 0.4) is 0 Å². The second-order valence-corrected chi connectivity index (χ2v) is 5.54. The molecule has 0 spiro atoms. The number of aliphatic carboxylic acids is 1. The van der Waals surface area contributed by atoms with E-state index >= 15 is 0 Å². The van der Waals surface area contributed by atoms with Crippen molar-refractivity contribution in [3.63, 3.8) is 0 Å². The second kappa shape index (κ2) is 6.39. The molecule has 106 valence electrons. The highest BCUT2D eigenvalue weighted by Crippen LogP contribution is 2.24. The summed E-state index contributed by atoms with van der Waals surface area (Å²) in [5.74, 6) is -1.26. The van der Waals surface area contributed by atoms with Crippen molar-refractivity contribution in [1.29, 1.82) is 0 Å². The molecular formula is C11H17N3O4S. The van der Waals surface area contributed by atoms with Crippen LogP contribution in [0.2, 0.25) is 0 Å². The predicted octanol–water partition coefficient (Wildman–Crippen LogP) is 0.404. The molecule has 0 aliphatic carbocycles. The first-order valence-corrected chi connectivity index (χ1v) is 7.16. The van der Waals surface area contributed by atoms with Gasteiger partial charge in [0, 0.05) is 6.54 Å². The zero-order chi connectivity index (χ0) is 14.5. The summed E-state index contributed by atoms with van der Waals surface area (Å²) in [5, 5.41) is 8.85. The molecule has 0 bridgehead atoms. The molecular weight excluding hydrogens is 270 g/mol. The number of nitrogens with one attached hydrogen (secondary N) is 1. The number of rotatable bonds is 7. The summed E-state index contributed by atoms with van der Waals surface area (Å²) >= 11 is 0. The Morgan fingerprint density at radius 1 is 1.42 bits per heavy atom. The second-order valence-electron chi connectivity index (χ2n) is 3.86. The number of hydrogen-bond acceptors (Lipinski definition) is 4. The third kappa shape index (κ3) is 4.11. The predicted molar refractivity (Wildman–Crippen MR) is 73.0 cm³/mol. The van der Waals surface area contributed by atoms with Gasteiger partial charge in [0.05, 0.1) is 11.4 Å². The molecule has 0 aliphatic heterocycles. The van der Waals surface area contributed by atoms with Crippen molar-refractivity contribution in [1.82, 2.24) is 4.72 Å². The van der Waals surface area contributed by atoms with E-state index in [9.17, 15) is 13.2 Å². The normalized spacial score (nSPS) is 11.2. The van der Waals surface area contributed by atoms with E-state index in [1.807, 2.05) is 0 Å². The summed E-state index contributed by atoms with van der Waals surface area (Å²) in [6.45, 7) is 1.35. The van der Waals surface area contributed by atoms with E-state index in [2.05, 4.69) is 4.72 Å². The zero-order valence-electron chi connectivity index (χ0n) is 10.5. The van der Waals surface area contributed by atoms with E-state index in [-0.39, 0.29) is 17.9 Å². The molecule has 19 heavy (non-hydrogen) atoms. The van der Waals surface area contributed by atoms with E-state index in [4.69, 9.17) is 10.8 Å². The lowest BCUT2D eigenvalue weighted by Crippen LogP contribution is -2.44. The number of nitrogens with zero attached hydrogens (tertiary/aromatic N) is 1. The lowest BCUT2D eigenvalue weighted by atomic mass is 10.3. The maximum Gasteiger partial charge on any atom is 0.324 e. The van der Waals surface area contributed by atoms with Gasteiger partial charge in [0.15, 0.2) is 0 Å². The van der Waals surface area contributed by atoms with Gasteiger partial charge in [-0.05, 0) is 18.6 Å². The summed E-state index contributed by atoms with van der Waals surface area (Å²) < 4.78 is 27.2. The minimum Gasteiger partial charge on any atom is -0.480 e. The summed E-state index contributed by atoms with van der Waals surface area (Å²) in [5.41, 5.74) is 6.04. The van der Waals surface area contributed by atoms with Gasteiger partial charge in [-0.25, -0.2) is 4.31 Å². The smallest absolute Gasteiger partial charge is 0.324 e. The van der Waals surface area contributed by atoms with Gasteiger partial charge in [0.25, 0.3) is 0 Å². The molecule has 0 heterocycles. The Hall–Kier alpha value is -1.80. The number of carbonyl (C=O) groups is 1. The van der Waals surface area contributed by atoms with Crippen molar-refractivity contribution in [2.45, 2.75) is 13.3 Å². The summed E-state index contributed by atoms with van der Waals surface area (Å²) in [4.78, 5) is 10.8. The standard InChI is InChI=1S/C11H17N3O4S/c1-2-7-13-19(17,18)14(8-11(15)16)10-6-4-3-5-9(10)12/h3-6,13H,2,7-8,12H2,1H3,(H,15,16). The van der Waals surface area contributed by atoms with Gasteiger partial charge in [-0.3, -0.25) is 4.79 Å². The average molecular weight is 287 g/mol. The fourth-order valence-corrected chi connectivity index (χ4v) is 2.77. The average Bonchev–Trinajstić information content (AvgIpc) is 2.34. The summed E-state index contributed by atoms with van der Waals surface area (Å²) in [6.07, 6.45) is 0.602. The van der Waals surface area contributed by atoms with E-state index in [0.29, 0.717) is 6.42 Å². The fourth-order valence-electron chi connectivity index (χ4n) is 1.45. The molecule has 0 radical (unpaired) electrons. The molecule has 0 saturated carbocycles. The molecule has 0 saturated heterocycles. The molecule has 0 aromatic heterocycles. The van der Waals surface area contributed by atoms with Gasteiger partial charge in [-0.2, -0.15) is 13.1 Å². The Labute approximate surface area is 112 Å². The Kier molecular flexibility index (Phi) is 5.13. The molecule has 1 rings (SSSR count). The van der Waals surface area contributed by atoms with Crippen LogP contribution in [0.4, 0.5) is 11.4 Å². The van der Waals surface area contributed by atoms with Crippen molar-refractivity contribution in [3.05, 3.63) is 24.3 Å². The molecule has 0 atom stereocenters. The van der Waals surface area contributed by atoms with Crippen LogP contribution < -0.4 is 14.8 Å². The van der Waals surface area contributed by atoms with Crippen LogP contribution >= 0.6 is 0 Å². The van der Waals surface area contributed by atoms with Gasteiger partial charge in [0.1, 0.15) is 6.54 Å². The maximum absolute atomic E-state index is 12.1. The van der Waals surface area contributed by atoms with Crippen LogP contribution in [0.15, 0.2) is 24.3 Å². The maximum atomic E-state index is 12.1. The largest absolute Gasteiger partial charge is 0.480 e. The first-order chi connectivity index (χ1) is 8.88. The Morgan fingerprint density at radius 3 is 2.58 bits per heavy atom. The van der Waals surface area contributed by atoms with Crippen molar-refractivity contribution in [3.8, 4) is 0 Å². The SMILES string of the molecule is CCCNS(=O)(=O)N(CC(=O)O)c1ccccc1N. The highest BCUT2D eigenvalue weighted by Gasteiger charge is 2.25. The Bertz CT molecular complexity index is 545. The minimum absolute atomic E-state index is 0.147. The summed E-state index contributed by atoms with van der Waals surface area (Å²) in [6, 6.07) is 6.21. The van der Waals surface area contributed by atoms with E-state index < -0.39 is 22.7 Å². The van der Waals surface area contributed by atoms with Crippen LogP contribution in [-0.2, 0) is 15.0 Å². The number of nitrogen functional groups attached to an aromatic ring is 1. The lowest BCUT2D eigenvalue weighted by molar-refractivity contribution is -0.135. The monoisotopic (exact) mass is 287 g/mol. The number of benzene rings is 1. The number of hydrogen-bond donors (Lipinski definition) is 3. The Morgan fingerprint density at radius 2 is 2.05 bits per heavy atom. The molecule has 7 nitrogen and oxygen atoms in total. The molecule has 1 aromatic rings. The zero-order valence-corrected chi connectivity index (χ0v) is 11.4. The number of carboxylic acids is 1. The van der Waals surface area contributed by atoms with Crippen LogP contribution in [0.25, 0.3) is 0 Å². The van der Waals surface area contributed by atoms with Crippen LogP contribution in [0, 0.1) is 0 Å². The molecule has 1 aromatic carbocycles. The fraction of sp³-hybridized carbons (Fsp3) is 0.364. The van der Waals surface area contributed by atoms with Gasteiger partial charge in [-0.1, -0.05) is 19.1 Å². The van der Waals surface area contributed by atoms with Crippen molar-refractivity contribution >= 4 is 27.6 Å². The first-order valence-electron chi connectivity index (χ1n) is 5.72. The number of para-hydroxylation sites is 2. The number of nitrogens with two attached hydrogens (primary N) is 1. The van der Waals surface area contributed by atoms with Gasteiger partial charge in [-0.15, -0.1) is 0 Å². The molecule has 0 aliphatic rings. The van der Waals surface area contributed by atoms with Gasteiger partial charge in [0.2, 0.25) is 0 Å². The third-order valence-electron chi connectivity index (χ3n) is 2.31. The molecule has 4 N–H and O–H groups in total. The number of anilines is 2. The molecule has 0 fully saturated rings. The first kappa shape index (κ1) is 15.3. The lowest BCUT2D eigenvalue weighted by Gasteiger charge is -2.23. The third-order valence-corrected chi connectivity index (χ3v) is 3.78. The Balaban J connectivity index is 3.15. The highest BCUT2D eigenvalue weighted by atomic mass is 32.2.